The average Bonchev–Trinajstić information content (AvgIpc) is 2.49. The lowest BCUT2D eigenvalue weighted by Gasteiger charge is -2.14. The van der Waals surface area contributed by atoms with Crippen LogP contribution in [0.5, 0.6) is 17.2 Å². The lowest BCUT2D eigenvalue weighted by molar-refractivity contribution is -0.121. The fourth-order valence-electron chi connectivity index (χ4n) is 1.93. The summed E-state index contributed by atoms with van der Waals surface area (Å²) in [4.78, 5) is 11.8. The van der Waals surface area contributed by atoms with Crippen LogP contribution in [0.3, 0.4) is 0 Å². The zero-order chi connectivity index (χ0) is 15.8. The van der Waals surface area contributed by atoms with Gasteiger partial charge in [-0.15, -0.1) is 0 Å². The van der Waals surface area contributed by atoms with Crippen molar-refractivity contribution in [1.29, 1.82) is 0 Å². The Morgan fingerprint density at radius 3 is 2.14 bits per heavy atom. The van der Waals surface area contributed by atoms with Gasteiger partial charge in [0.1, 0.15) is 5.75 Å². The van der Waals surface area contributed by atoms with Gasteiger partial charge in [0.25, 0.3) is 0 Å². The maximum absolute atomic E-state index is 11.8. The lowest BCUT2D eigenvalue weighted by Crippen LogP contribution is -2.23. The van der Waals surface area contributed by atoms with Crippen molar-refractivity contribution >= 4 is 5.91 Å². The molecule has 0 unspecified atom stereocenters. The smallest absolute Gasteiger partial charge is 0.220 e. The van der Waals surface area contributed by atoms with E-state index in [1.165, 1.54) is 0 Å². The standard InChI is InChI=1S/C16H25NO4/c1-11(2)6-7-16(18)17-10-12-8-14(20-4)15(21-5)9-13(12)19-3/h8-9,11H,6-7,10H2,1-5H3,(H,17,18). The number of benzene rings is 1. The zero-order valence-electron chi connectivity index (χ0n) is 13.5. The van der Waals surface area contributed by atoms with Crippen molar-refractivity contribution in [2.24, 2.45) is 5.92 Å². The van der Waals surface area contributed by atoms with Crippen LogP contribution in [-0.2, 0) is 11.3 Å². The van der Waals surface area contributed by atoms with E-state index in [1.54, 1.807) is 27.4 Å². The molecule has 0 saturated carbocycles. The van der Waals surface area contributed by atoms with Crippen molar-refractivity contribution in [3.8, 4) is 17.2 Å². The first-order valence-electron chi connectivity index (χ1n) is 7.07. The number of carbonyl (C=O) groups is 1. The van der Waals surface area contributed by atoms with Gasteiger partial charge < -0.3 is 19.5 Å². The Hall–Kier alpha value is -1.91. The van der Waals surface area contributed by atoms with E-state index in [4.69, 9.17) is 14.2 Å². The Morgan fingerprint density at radius 2 is 1.62 bits per heavy atom. The van der Waals surface area contributed by atoms with Gasteiger partial charge in [-0.2, -0.15) is 0 Å². The molecule has 0 heterocycles. The Balaban J connectivity index is 2.75. The van der Waals surface area contributed by atoms with E-state index in [1.807, 2.05) is 6.07 Å². The fraction of sp³-hybridized carbons (Fsp3) is 0.562. The molecule has 1 aromatic carbocycles. The summed E-state index contributed by atoms with van der Waals surface area (Å²) in [6, 6.07) is 3.58. The largest absolute Gasteiger partial charge is 0.496 e. The molecule has 0 bridgehead atoms. The van der Waals surface area contributed by atoms with Crippen LogP contribution in [0.4, 0.5) is 0 Å². The van der Waals surface area contributed by atoms with Gasteiger partial charge in [-0.3, -0.25) is 4.79 Å². The topological polar surface area (TPSA) is 56.8 Å². The zero-order valence-corrected chi connectivity index (χ0v) is 13.5. The monoisotopic (exact) mass is 295 g/mol. The molecule has 1 rings (SSSR count). The highest BCUT2D eigenvalue weighted by Crippen LogP contribution is 2.34. The normalized spacial score (nSPS) is 10.4. The number of carbonyl (C=O) groups excluding carboxylic acids is 1. The van der Waals surface area contributed by atoms with E-state index in [0.717, 1.165) is 12.0 Å². The summed E-state index contributed by atoms with van der Waals surface area (Å²) in [6.45, 7) is 4.61. The molecule has 0 fully saturated rings. The third-order valence-corrected chi connectivity index (χ3v) is 3.21. The Labute approximate surface area is 126 Å². The molecule has 0 aliphatic carbocycles. The molecule has 5 nitrogen and oxygen atoms in total. The number of rotatable bonds is 8. The molecule has 0 radical (unpaired) electrons. The predicted molar refractivity (Wildman–Crippen MR) is 82.0 cm³/mol. The maximum atomic E-state index is 11.8. The SMILES string of the molecule is COc1cc(OC)c(OC)cc1CNC(=O)CCC(C)C. The molecule has 21 heavy (non-hydrogen) atoms. The quantitative estimate of drug-likeness (QED) is 0.801. The molecule has 118 valence electrons. The predicted octanol–water partition coefficient (Wildman–Crippen LogP) is 2.76. The summed E-state index contributed by atoms with van der Waals surface area (Å²) >= 11 is 0. The highest BCUT2D eigenvalue weighted by Gasteiger charge is 2.12. The molecule has 1 N–H and O–H groups in total. The van der Waals surface area contributed by atoms with Gasteiger partial charge in [-0.1, -0.05) is 13.8 Å². The van der Waals surface area contributed by atoms with E-state index in [9.17, 15) is 4.79 Å². The molecule has 0 aliphatic heterocycles. The molecule has 0 saturated heterocycles. The molecule has 0 atom stereocenters. The fourth-order valence-corrected chi connectivity index (χ4v) is 1.93. The van der Waals surface area contributed by atoms with Gasteiger partial charge in [-0.25, -0.2) is 0 Å². The minimum absolute atomic E-state index is 0.0422. The first-order chi connectivity index (χ1) is 10.0. The van der Waals surface area contributed by atoms with Crippen molar-refractivity contribution in [1.82, 2.24) is 5.32 Å². The molecule has 0 aromatic heterocycles. The van der Waals surface area contributed by atoms with Crippen LogP contribution in [-0.4, -0.2) is 27.2 Å². The molecular formula is C16H25NO4. The van der Waals surface area contributed by atoms with Crippen LogP contribution in [0.25, 0.3) is 0 Å². The third kappa shape index (κ3) is 5.17. The van der Waals surface area contributed by atoms with Crippen molar-refractivity contribution in [2.75, 3.05) is 21.3 Å². The van der Waals surface area contributed by atoms with Gasteiger partial charge in [0, 0.05) is 24.6 Å². The highest BCUT2D eigenvalue weighted by molar-refractivity contribution is 5.76. The highest BCUT2D eigenvalue weighted by atomic mass is 16.5. The Bertz CT molecular complexity index is 472. The molecule has 1 aromatic rings. The van der Waals surface area contributed by atoms with Crippen molar-refractivity contribution in [3.63, 3.8) is 0 Å². The summed E-state index contributed by atoms with van der Waals surface area (Å²) in [5.74, 6) is 2.44. The second kappa shape index (κ2) is 8.39. The number of hydrogen-bond donors (Lipinski definition) is 1. The minimum atomic E-state index is 0.0422. The average molecular weight is 295 g/mol. The minimum Gasteiger partial charge on any atom is -0.496 e. The number of ether oxygens (including phenoxy) is 3. The second-order valence-electron chi connectivity index (χ2n) is 5.23. The number of methoxy groups -OCH3 is 3. The van der Waals surface area contributed by atoms with Gasteiger partial charge in [0.15, 0.2) is 11.5 Å². The van der Waals surface area contributed by atoms with E-state index in [0.29, 0.717) is 36.1 Å². The summed E-state index contributed by atoms with van der Waals surface area (Å²) in [7, 11) is 4.74. The summed E-state index contributed by atoms with van der Waals surface area (Å²) in [5.41, 5.74) is 0.855. The van der Waals surface area contributed by atoms with Crippen molar-refractivity contribution in [2.45, 2.75) is 33.2 Å². The number of amides is 1. The van der Waals surface area contributed by atoms with Crippen LogP contribution in [0.1, 0.15) is 32.3 Å². The summed E-state index contributed by atoms with van der Waals surface area (Å²) < 4.78 is 15.8. The van der Waals surface area contributed by atoms with Crippen molar-refractivity contribution < 1.29 is 19.0 Å². The van der Waals surface area contributed by atoms with E-state index in [-0.39, 0.29) is 5.91 Å². The van der Waals surface area contributed by atoms with Crippen LogP contribution >= 0.6 is 0 Å². The van der Waals surface area contributed by atoms with Crippen LogP contribution in [0.2, 0.25) is 0 Å². The molecular weight excluding hydrogens is 270 g/mol. The number of nitrogens with one attached hydrogen (secondary N) is 1. The van der Waals surface area contributed by atoms with E-state index in [2.05, 4.69) is 19.2 Å². The van der Waals surface area contributed by atoms with Crippen molar-refractivity contribution in [3.05, 3.63) is 17.7 Å². The second-order valence-corrected chi connectivity index (χ2v) is 5.23. The molecule has 0 spiro atoms. The number of hydrogen-bond acceptors (Lipinski definition) is 4. The first kappa shape index (κ1) is 17.1. The van der Waals surface area contributed by atoms with E-state index < -0.39 is 0 Å². The van der Waals surface area contributed by atoms with Gasteiger partial charge in [0.05, 0.1) is 21.3 Å². The first-order valence-corrected chi connectivity index (χ1v) is 7.07. The van der Waals surface area contributed by atoms with Crippen LogP contribution < -0.4 is 19.5 Å². The van der Waals surface area contributed by atoms with Gasteiger partial charge in [-0.05, 0) is 18.4 Å². The van der Waals surface area contributed by atoms with Crippen LogP contribution in [0, 0.1) is 5.92 Å². The van der Waals surface area contributed by atoms with Gasteiger partial charge >= 0.3 is 0 Å². The maximum Gasteiger partial charge on any atom is 0.220 e. The summed E-state index contributed by atoms with van der Waals surface area (Å²) in [6.07, 6.45) is 1.42. The Morgan fingerprint density at radius 1 is 1.05 bits per heavy atom. The molecule has 0 aliphatic rings. The van der Waals surface area contributed by atoms with Crippen LogP contribution in [0.15, 0.2) is 12.1 Å². The van der Waals surface area contributed by atoms with E-state index >= 15 is 0 Å². The summed E-state index contributed by atoms with van der Waals surface area (Å²) in [5, 5.41) is 2.90. The molecule has 1 amide bonds. The Kier molecular flexibility index (Phi) is 6.85. The van der Waals surface area contributed by atoms with Gasteiger partial charge in [0.2, 0.25) is 5.91 Å². The third-order valence-electron chi connectivity index (χ3n) is 3.21. The lowest BCUT2D eigenvalue weighted by atomic mass is 10.1. The molecule has 5 heteroatoms.